The largest absolute Gasteiger partial charge is 0.463 e. The second-order valence-corrected chi connectivity index (χ2v) is 10.5. The van der Waals surface area contributed by atoms with Gasteiger partial charge in [-0.2, -0.15) is 0 Å². The number of rotatable bonds is 15. The maximum Gasteiger partial charge on any atom is 0.306 e. The number of hydrogen-bond acceptors (Lipinski definition) is 11. The number of carbonyl (C=O) groups excluding carboxylic acids is 5. The molecule has 0 spiro atoms. The van der Waals surface area contributed by atoms with Crippen molar-refractivity contribution >= 4 is 29.8 Å². The molecule has 0 aromatic rings. The van der Waals surface area contributed by atoms with Crippen LogP contribution in [0.25, 0.3) is 0 Å². The van der Waals surface area contributed by atoms with E-state index >= 15 is 0 Å². The standard InChI is InChI=1S/C28H46O11/c1-9-16(4)12-22(31)37-25-21(15-34-19(7)29)36-28(35-20(8)30)27(39-24(33)14-18(6)11-3)26(25)38-23(32)13-17(5)10-2/h16-18,21,25-28H,9-15H2,1-8H3/t16-,17-,18-,21+,25+,26-,27+,28-/m0/s1. The van der Waals surface area contributed by atoms with E-state index in [2.05, 4.69) is 0 Å². The van der Waals surface area contributed by atoms with Crippen LogP contribution in [0.15, 0.2) is 0 Å². The summed E-state index contributed by atoms with van der Waals surface area (Å²) >= 11 is 0. The van der Waals surface area contributed by atoms with Gasteiger partial charge in [0.05, 0.1) is 0 Å². The monoisotopic (exact) mass is 558 g/mol. The van der Waals surface area contributed by atoms with Crippen LogP contribution in [-0.4, -0.2) is 67.2 Å². The fraction of sp³-hybridized carbons (Fsp3) is 0.821. The summed E-state index contributed by atoms with van der Waals surface area (Å²) in [6, 6.07) is 0. The third kappa shape index (κ3) is 12.4. The van der Waals surface area contributed by atoms with E-state index in [1.807, 2.05) is 41.5 Å². The van der Waals surface area contributed by atoms with E-state index in [-0.39, 0.29) is 43.6 Å². The van der Waals surface area contributed by atoms with E-state index in [4.69, 9.17) is 28.4 Å². The van der Waals surface area contributed by atoms with Crippen molar-refractivity contribution in [2.24, 2.45) is 17.8 Å². The lowest BCUT2D eigenvalue weighted by Crippen LogP contribution is -2.63. The molecule has 11 heteroatoms. The van der Waals surface area contributed by atoms with Crippen molar-refractivity contribution < 1.29 is 52.4 Å². The van der Waals surface area contributed by atoms with E-state index in [1.54, 1.807) is 0 Å². The summed E-state index contributed by atoms with van der Waals surface area (Å²) in [6.07, 6.45) is -4.45. The Labute approximate surface area is 231 Å². The molecular weight excluding hydrogens is 512 g/mol. The third-order valence-electron chi connectivity index (χ3n) is 6.76. The average molecular weight is 559 g/mol. The van der Waals surface area contributed by atoms with E-state index in [9.17, 15) is 24.0 Å². The molecule has 0 aliphatic carbocycles. The SMILES string of the molecule is CC[C@H](C)CC(=O)O[C@@H]1[C@@H](OC(=O)C[C@@H](C)CC)[C@@H](OC(C)=O)O[C@H](COC(C)=O)[C@H]1OC(=O)C[C@@H](C)CC. The topological polar surface area (TPSA) is 141 Å². The quantitative estimate of drug-likeness (QED) is 0.213. The van der Waals surface area contributed by atoms with Gasteiger partial charge in [-0.25, -0.2) is 0 Å². The smallest absolute Gasteiger partial charge is 0.306 e. The van der Waals surface area contributed by atoms with Gasteiger partial charge in [-0.15, -0.1) is 0 Å². The molecule has 39 heavy (non-hydrogen) atoms. The summed E-state index contributed by atoms with van der Waals surface area (Å²) in [5.74, 6) is -3.19. The van der Waals surface area contributed by atoms with Crippen LogP contribution in [0, 0.1) is 17.8 Å². The summed E-state index contributed by atoms with van der Waals surface area (Å²) in [5.41, 5.74) is 0. The van der Waals surface area contributed by atoms with Crippen molar-refractivity contribution in [1.82, 2.24) is 0 Å². The predicted octanol–water partition coefficient (Wildman–Crippen LogP) is 3.88. The Morgan fingerprint density at radius 1 is 0.615 bits per heavy atom. The summed E-state index contributed by atoms with van der Waals surface area (Å²) in [4.78, 5) is 62.2. The third-order valence-corrected chi connectivity index (χ3v) is 6.76. The van der Waals surface area contributed by atoms with Gasteiger partial charge in [-0.3, -0.25) is 24.0 Å². The van der Waals surface area contributed by atoms with E-state index < -0.39 is 60.6 Å². The van der Waals surface area contributed by atoms with Crippen molar-refractivity contribution in [3.8, 4) is 0 Å². The van der Waals surface area contributed by atoms with Crippen LogP contribution in [0.2, 0.25) is 0 Å². The van der Waals surface area contributed by atoms with Gasteiger partial charge in [-0.1, -0.05) is 60.8 Å². The number of carbonyl (C=O) groups is 5. The molecule has 1 fully saturated rings. The van der Waals surface area contributed by atoms with Gasteiger partial charge in [0.2, 0.25) is 12.4 Å². The first-order chi connectivity index (χ1) is 18.3. The molecule has 0 amide bonds. The maximum atomic E-state index is 13.0. The van der Waals surface area contributed by atoms with Crippen LogP contribution in [0.3, 0.4) is 0 Å². The van der Waals surface area contributed by atoms with Gasteiger partial charge in [0.1, 0.15) is 12.7 Å². The van der Waals surface area contributed by atoms with Crippen LogP contribution in [0.1, 0.15) is 93.9 Å². The average Bonchev–Trinajstić information content (AvgIpc) is 2.85. The van der Waals surface area contributed by atoms with Crippen molar-refractivity contribution in [2.45, 2.75) is 125 Å². The number of hydrogen-bond donors (Lipinski definition) is 0. The number of esters is 5. The van der Waals surface area contributed by atoms with Gasteiger partial charge >= 0.3 is 29.8 Å². The fourth-order valence-corrected chi connectivity index (χ4v) is 3.76. The molecule has 8 atom stereocenters. The van der Waals surface area contributed by atoms with Crippen LogP contribution in [-0.2, 0) is 52.4 Å². The van der Waals surface area contributed by atoms with Crippen molar-refractivity contribution in [1.29, 1.82) is 0 Å². The molecular formula is C28H46O11. The molecule has 1 heterocycles. The Morgan fingerprint density at radius 2 is 1.03 bits per heavy atom. The first-order valence-electron chi connectivity index (χ1n) is 13.8. The van der Waals surface area contributed by atoms with Crippen LogP contribution < -0.4 is 0 Å². The molecule has 1 aliphatic heterocycles. The second kappa shape index (κ2) is 17.1. The minimum atomic E-state index is -1.50. The van der Waals surface area contributed by atoms with Crippen LogP contribution in [0.4, 0.5) is 0 Å². The molecule has 0 radical (unpaired) electrons. The molecule has 1 rings (SSSR count). The molecule has 224 valence electrons. The molecule has 1 saturated heterocycles. The normalized spacial score (nSPS) is 25.0. The van der Waals surface area contributed by atoms with Gasteiger partial charge < -0.3 is 28.4 Å². The summed E-state index contributed by atoms with van der Waals surface area (Å²) < 4.78 is 33.6. The molecule has 1 aliphatic rings. The molecule has 0 aromatic heterocycles. The minimum absolute atomic E-state index is 0.00135. The lowest BCUT2D eigenvalue weighted by atomic mass is 9.97. The van der Waals surface area contributed by atoms with E-state index in [0.717, 1.165) is 19.8 Å². The Balaban J connectivity index is 3.50. The zero-order chi connectivity index (χ0) is 29.7. The molecule has 11 nitrogen and oxygen atoms in total. The Morgan fingerprint density at radius 3 is 1.41 bits per heavy atom. The highest BCUT2D eigenvalue weighted by Crippen LogP contribution is 2.31. The molecule has 0 bridgehead atoms. The lowest BCUT2D eigenvalue weighted by molar-refractivity contribution is -0.301. The zero-order valence-corrected chi connectivity index (χ0v) is 24.6. The highest BCUT2D eigenvalue weighted by atomic mass is 16.7. The van der Waals surface area contributed by atoms with Gasteiger partial charge in [0, 0.05) is 33.1 Å². The molecule has 0 saturated carbocycles. The van der Waals surface area contributed by atoms with E-state index in [0.29, 0.717) is 6.42 Å². The van der Waals surface area contributed by atoms with Gasteiger partial charge in [-0.05, 0) is 17.8 Å². The Hall–Kier alpha value is -2.69. The molecule has 0 aromatic carbocycles. The fourth-order valence-electron chi connectivity index (χ4n) is 3.76. The second-order valence-electron chi connectivity index (χ2n) is 10.5. The van der Waals surface area contributed by atoms with E-state index in [1.165, 1.54) is 6.92 Å². The summed E-state index contributed by atoms with van der Waals surface area (Å²) in [7, 11) is 0. The first-order valence-corrected chi connectivity index (χ1v) is 13.8. The van der Waals surface area contributed by atoms with Crippen molar-refractivity contribution in [3.63, 3.8) is 0 Å². The highest BCUT2D eigenvalue weighted by Gasteiger charge is 2.54. The summed E-state index contributed by atoms with van der Waals surface area (Å²) in [5, 5.41) is 0. The first kappa shape index (κ1) is 34.3. The molecule has 0 N–H and O–H groups in total. The minimum Gasteiger partial charge on any atom is -0.463 e. The zero-order valence-electron chi connectivity index (χ0n) is 24.6. The molecule has 0 unspecified atom stereocenters. The maximum absolute atomic E-state index is 13.0. The van der Waals surface area contributed by atoms with Gasteiger partial charge in [0.15, 0.2) is 12.2 Å². The van der Waals surface area contributed by atoms with Crippen LogP contribution in [0.5, 0.6) is 0 Å². The Kier molecular flexibility index (Phi) is 15.1. The van der Waals surface area contributed by atoms with Crippen LogP contribution >= 0.6 is 0 Å². The highest BCUT2D eigenvalue weighted by molar-refractivity contribution is 5.72. The Bertz CT molecular complexity index is 826. The number of ether oxygens (including phenoxy) is 6. The van der Waals surface area contributed by atoms with Gasteiger partial charge in [0.25, 0.3) is 0 Å². The lowest BCUT2D eigenvalue weighted by Gasteiger charge is -2.44. The van der Waals surface area contributed by atoms with Crippen molar-refractivity contribution in [2.75, 3.05) is 6.61 Å². The van der Waals surface area contributed by atoms with Crippen molar-refractivity contribution in [3.05, 3.63) is 0 Å². The predicted molar refractivity (Wildman–Crippen MR) is 139 cm³/mol. The summed E-state index contributed by atoms with van der Waals surface area (Å²) in [6.45, 7) is 13.4.